The van der Waals surface area contributed by atoms with Crippen LogP contribution in [0.4, 0.5) is 5.69 Å². The number of benzene rings is 1. The molecule has 2 aromatic rings. The van der Waals surface area contributed by atoms with E-state index in [1.807, 2.05) is 24.5 Å². The molecule has 1 N–H and O–H groups in total. The fraction of sp³-hybridized carbons (Fsp3) is 0.333. The van der Waals surface area contributed by atoms with E-state index in [9.17, 15) is 10.1 Å². The van der Waals surface area contributed by atoms with Crippen molar-refractivity contribution in [3.05, 3.63) is 63.1 Å². The normalized spacial score (nSPS) is 10.8. The lowest BCUT2D eigenvalue weighted by atomic mass is 10.1. The van der Waals surface area contributed by atoms with Gasteiger partial charge in [0.2, 0.25) is 0 Å². The largest absolute Gasteiger partial charge is 0.464 e. The van der Waals surface area contributed by atoms with Crippen molar-refractivity contribution in [1.29, 1.82) is 0 Å². The third-order valence-electron chi connectivity index (χ3n) is 3.23. The summed E-state index contributed by atoms with van der Waals surface area (Å²) in [6, 6.07) is 9.08. The SMILES string of the molecule is CSCc1ccc(CNCc2cccc([N+](=O)[O-])c2C)o1. The minimum Gasteiger partial charge on any atom is -0.464 e. The highest BCUT2D eigenvalue weighted by molar-refractivity contribution is 7.97. The fourth-order valence-corrected chi connectivity index (χ4v) is 2.56. The highest BCUT2D eigenvalue weighted by Crippen LogP contribution is 2.21. The molecule has 0 aliphatic rings. The summed E-state index contributed by atoms with van der Waals surface area (Å²) in [5, 5.41) is 14.2. The van der Waals surface area contributed by atoms with Crippen molar-refractivity contribution in [2.45, 2.75) is 25.8 Å². The van der Waals surface area contributed by atoms with E-state index in [2.05, 4.69) is 5.32 Å². The van der Waals surface area contributed by atoms with Crippen LogP contribution < -0.4 is 5.32 Å². The minimum atomic E-state index is -0.347. The molecule has 0 aliphatic carbocycles. The molecular weight excluding hydrogens is 288 g/mol. The van der Waals surface area contributed by atoms with Crippen molar-refractivity contribution < 1.29 is 9.34 Å². The van der Waals surface area contributed by atoms with Crippen LogP contribution in [-0.4, -0.2) is 11.2 Å². The summed E-state index contributed by atoms with van der Waals surface area (Å²) >= 11 is 1.72. The standard InChI is InChI=1S/C15H18N2O3S/c1-11-12(4-3-5-15(11)17(18)19)8-16-9-13-6-7-14(20-13)10-21-2/h3-7,16H,8-10H2,1-2H3. The summed E-state index contributed by atoms with van der Waals surface area (Å²) in [7, 11) is 0. The van der Waals surface area contributed by atoms with Gasteiger partial charge < -0.3 is 9.73 Å². The van der Waals surface area contributed by atoms with Crippen LogP contribution in [0.25, 0.3) is 0 Å². The number of nitrogens with one attached hydrogen (secondary N) is 1. The second kappa shape index (κ2) is 7.28. The number of hydrogen-bond acceptors (Lipinski definition) is 5. The summed E-state index contributed by atoms with van der Waals surface area (Å²) in [6.45, 7) is 2.96. The van der Waals surface area contributed by atoms with Gasteiger partial charge in [0.05, 0.1) is 17.2 Å². The number of nitro groups is 1. The molecule has 0 saturated heterocycles. The highest BCUT2D eigenvalue weighted by Gasteiger charge is 2.12. The van der Waals surface area contributed by atoms with Gasteiger partial charge in [-0.1, -0.05) is 12.1 Å². The number of hydrogen-bond donors (Lipinski definition) is 1. The van der Waals surface area contributed by atoms with Crippen molar-refractivity contribution in [2.75, 3.05) is 6.26 Å². The molecule has 0 aliphatic heterocycles. The Morgan fingerprint density at radius 2 is 2.00 bits per heavy atom. The Hall–Kier alpha value is -1.79. The number of thioether (sulfide) groups is 1. The lowest BCUT2D eigenvalue weighted by Gasteiger charge is -2.07. The van der Waals surface area contributed by atoms with E-state index in [4.69, 9.17) is 4.42 Å². The molecule has 1 aromatic carbocycles. The van der Waals surface area contributed by atoms with Crippen LogP contribution in [0, 0.1) is 17.0 Å². The fourth-order valence-electron chi connectivity index (χ4n) is 2.12. The molecule has 0 bridgehead atoms. The third-order valence-corrected chi connectivity index (χ3v) is 3.81. The first-order valence-electron chi connectivity index (χ1n) is 6.62. The van der Waals surface area contributed by atoms with Gasteiger partial charge in [-0.2, -0.15) is 11.8 Å². The van der Waals surface area contributed by atoms with Crippen molar-refractivity contribution in [3.63, 3.8) is 0 Å². The molecule has 0 radical (unpaired) electrons. The van der Waals surface area contributed by atoms with Crippen LogP contribution >= 0.6 is 11.8 Å². The van der Waals surface area contributed by atoms with Crippen LogP contribution in [0.15, 0.2) is 34.7 Å². The Bertz CT molecular complexity index is 625. The lowest BCUT2D eigenvalue weighted by Crippen LogP contribution is -2.13. The molecule has 2 rings (SSSR count). The molecule has 0 atom stereocenters. The maximum atomic E-state index is 10.9. The second-order valence-corrected chi connectivity index (χ2v) is 5.59. The number of rotatable bonds is 7. The van der Waals surface area contributed by atoms with E-state index in [-0.39, 0.29) is 10.6 Å². The summed E-state index contributed by atoms with van der Waals surface area (Å²) in [6.07, 6.45) is 2.03. The zero-order chi connectivity index (χ0) is 15.2. The molecule has 5 nitrogen and oxygen atoms in total. The molecule has 0 unspecified atom stereocenters. The zero-order valence-corrected chi connectivity index (χ0v) is 12.9. The molecule has 1 aromatic heterocycles. The molecule has 0 spiro atoms. The van der Waals surface area contributed by atoms with Gasteiger partial charge in [-0.05, 0) is 30.9 Å². The van der Waals surface area contributed by atoms with Gasteiger partial charge in [0.1, 0.15) is 11.5 Å². The lowest BCUT2D eigenvalue weighted by molar-refractivity contribution is -0.385. The van der Waals surface area contributed by atoms with Gasteiger partial charge in [0, 0.05) is 18.2 Å². The number of nitro benzene ring substituents is 1. The quantitative estimate of drug-likeness (QED) is 0.624. The average Bonchev–Trinajstić information content (AvgIpc) is 2.88. The Kier molecular flexibility index (Phi) is 5.41. The predicted octanol–water partition coefficient (Wildman–Crippen LogP) is 3.65. The first-order chi connectivity index (χ1) is 10.1. The van der Waals surface area contributed by atoms with Gasteiger partial charge in [-0.3, -0.25) is 10.1 Å². The molecule has 1 heterocycles. The Balaban J connectivity index is 1.94. The predicted molar refractivity (Wildman–Crippen MR) is 84.3 cm³/mol. The first-order valence-corrected chi connectivity index (χ1v) is 8.01. The van der Waals surface area contributed by atoms with Crippen molar-refractivity contribution in [2.24, 2.45) is 0 Å². The Morgan fingerprint density at radius 1 is 1.24 bits per heavy atom. The smallest absolute Gasteiger partial charge is 0.272 e. The van der Waals surface area contributed by atoms with Crippen LogP contribution in [0.5, 0.6) is 0 Å². The summed E-state index contributed by atoms with van der Waals surface area (Å²) < 4.78 is 5.66. The van der Waals surface area contributed by atoms with Crippen molar-refractivity contribution >= 4 is 17.4 Å². The van der Waals surface area contributed by atoms with Crippen molar-refractivity contribution in [1.82, 2.24) is 5.32 Å². The number of furan rings is 1. The van der Waals surface area contributed by atoms with Crippen molar-refractivity contribution in [3.8, 4) is 0 Å². The van der Waals surface area contributed by atoms with Crippen LogP contribution in [0.1, 0.15) is 22.6 Å². The van der Waals surface area contributed by atoms with E-state index in [1.165, 1.54) is 6.07 Å². The summed E-state index contributed by atoms with van der Waals surface area (Å²) in [5.74, 6) is 2.71. The van der Waals surface area contributed by atoms with Crippen LogP contribution in [0.2, 0.25) is 0 Å². The van der Waals surface area contributed by atoms with Gasteiger partial charge >= 0.3 is 0 Å². The van der Waals surface area contributed by atoms with Gasteiger partial charge in [-0.25, -0.2) is 0 Å². The minimum absolute atomic E-state index is 0.162. The maximum absolute atomic E-state index is 10.9. The molecule has 21 heavy (non-hydrogen) atoms. The van der Waals surface area contributed by atoms with E-state index in [0.717, 1.165) is 22.8 Å². The summed E-state index contributed by atoms with van der Waals surface area (Å²) in [5.41, 5.74) is 1.80. The first kappa shape index (κ1) is 15.6. The third kappa shape index (κ3) is 4.09. The van der Waals surface area contributed by atoms with Crippen LogP contribution in [-0.2, 0) is 18.8 Å². The van der Waals surface area contributed by atoms with Crippen LogP contribution in [0.3, 0.4) is 0 Å². The highest BCUT2D eigenvalue weighted by atomic mass is 32.2. The molecule has 0 saturated carbocycles. The van der Waals surface area contributed by atoms with Gasteiger partial charge in [0.15, 0.2) is 0 Å². The summed E-state index contributed by atoms with van der Waals surface area (Å²) in [4.78, 5) is 10.6. The van der Waals surface area contributed by atoms with E-state index in [1.54, 1.807) is 24.8 Å². The second-order valence-electron chi connectivity index (χ2n) is 4.72. The van der Waals surface area contributed by atoms with Gasteiger partial charge in [-0.15, -0.1) is 0 Å². The Morgan fingerprint density at radius 3 is 2.71 bits per heavy atom. The zero-order valence-electron chi connectivity index (χ0n) is 12.1. The van der Waals surface area contributed by atoms with E-state index < -0.39 is 0 Å². The van der Waals surface area contributed by atoms with E-state index >= 15 is 0 Å². The molecule has 112 valence electrons. The van der Waals surface area contributed by atoms with Gasteiger partial charge in [0.25, 0.3) is 5.69 Å². The Labute approximate surface area is 127 Å². The maximum Gasteiger partial charge on any atom is 0.272 e. The monoisotopic (exact) mass is 306 g/mol. The molecular formula is C15H18N2O3S. The van der Waals surface area contributed by atoms with E-state index in [0.29, 0.717) is 18.7 Å². The molecule has 0 fully saturated rings. The molecule has 6 heteroatoms. The molecule has 0 amide bonds. The average molecular weight is 306 g/mol. The topological polar surface area (TPSA) is 68.3 Å². The number of nitrogens with zero attached hydrogens (tertiary/aromatic N) is 1.